The second-order valence-corrected chi connectivity index (χ2v) is 8.52. The second-order valence-electron chi connectivity index (χ2n) is 7.49. The van der Waals surface area contributed by atoms with Crippen molar-refractivity contribution in [3.05, 3.63) is 85.0 Å². The Bertz CT molecular complexity index is 1390. The van der Waals surface area contributed by atoms with Crippen LogP contribution in [-0.2, 0) is 16.0 Å². The van der Waals surface area contributed by atoms with E-state index in [1.165, 1.54) is 16.7 Å². The molecule has 6 nitrogen and oxygen atoms in total. The van der Waals surface area contributed by atoms with E-state index in [1.807, 2.05) is 25.1 Å². The number of benzene rings is 2. The van der Waals surface area contributed by atoms with Gasteiger partial charge in [0.05, 0.1) is 23.4 Å². The van der Waals surface area contributed by atoms with Gasteiger partial charge in [-0.1, -0.05) is 37.3 Å². The highest BCUT2D eigenvalue weighted by Crippen LogP contribution is 2.11. The molecule has 1 amide bonds. The van der Waals surface area contributed by atoms with E-state index in [0.29, 0.717) is 32.0 Å². The van der Waals surface area contributed by atoms with Crippen LogP contribution < -0.4 is 14.8 Å². The minimum Gasteiger partial charge on any atom is -0.378 e. The van der Waals surface area contributed by atoms with Crippen LogP contribution in [0.5, 0.6) is 0 Å². The van der Waals surface area contributed by atoms with Gasteiger partial charge in [-0.05, 0) is 36.3 Å². The molecule has 0 bridgehead atoms. The fraction of sp³-hybridized carbons (Fsp3) is 0.240. The average molecular weight is 464 g/mol. The Balaban J connectivity index is 1.99. The quantitative estimate of drug-likeness (QED) is 0.593. The number of carbonyl (C=O) groups excluding carboxylic acids is 1. The zero-order chi connectivity index (χ0) is 23.4. The molecule has 0 spiro atoms. The van der Waals surface area contributed by atoms with E-state index in [1.54, 1.807) is 35.2 Å². The van der Waals surface area contributed by atoms with Crippen LogP contribution in [0.1, 0.15) is 18.1 Å². The third kappa shape index (κ3) is 4.65. The van der Waals surface area contributed by atoms with E-state index in [-0.39, 0.29) is 20.3 Å². The number of rotatable bonds is 4. The van der Waals surface area contributed by atoms with Crippen LogP contribution in [0.3, 0.4) is 0 Å². The Morgan fingerprint density at radius 2 is 1.88 bits per heavy atom. The number of aryl methyl sites for hydroxylation is 1. The first kappa shape index (κ1) is 22.6. The summed E-state index contributed by atoms with van der Waals surface area (Å²) in [5.74, 6) is -0.905. The van der Waals surface area contributed by atoms with Crippen molar-refractivity contribution < 1.29 is 13.9 Å². The zero-order valence-electron chi connectivity index (χ0n) is 18.1. The first-order valence-electron chi connectivity index (χ1n) is 10.6. The fourth-order valence-electron chi connectivity index (χ4n) is 3.61. The molecule has 1 aliphatic rings. The van der Waals surface area contributed by atoms with Gasteiger partial charge in [-0.15, -0.1) is 11.3 Å². The Morgan fingerprint density at radius 1 is 1.18 bits per heavy atom. The SMILES string of the molecule is CCc1ccc(-n2c(=O)/c(=C\c3ccccc3F)s/c2=C(/C#N)C(=O)N2CCOCC2)cc1. The normalized spacial score (nSPS) is 15.3. The smallest absolute Gasteiger partial charge is 0.273 e. The van der Waals surface area contributed by atoms with Crippen LogP contribution in [-0.4, -0.2) is 41.7 Å². The lowest BCUT2D eigenvalue weighted by Crippen LogP contribution is -2.42. The highest BCUT2D eigenvalue weighted by molar-refractivity contribution is 7.07. The van der Waals surface area contributed by atoms with Crippen molar-refractivity contribution in [3.63, 3.8) is 0 Å². The number of carbonyl (C=O) groups is 1. The Hall–Kier alpha value is -3.54. The summed E-state index contributed by atoms with van der Waals surface area (Å²) in [7, 11) is 0. The third-order valence-electron chi connectivity index (χ3n) is 5.46. The number of hydrogen-bond acceptors (Lipinski definition) is 5. The lowest BCUT2D eigenvalue weighted by Gasteiger charge is -2.26. The summed E-state index contributed by atoms with van der Waals surface area (Å²) in [4.78, 5) is 28.2. The van der Waals surface area contributed by atoms with Gasteiger partial charge in [0, 0.05) is 18.7 Å². The predicted octanol–water partition coefficient (Wildman–Crippen LogP) is 1.96. The molecule has 0 aliphatic carbocycles. The van der Waals surface area contributed by atoms with Crippen LogP contribution in [0.4, 0.5) is 4.39 Å². The van der Waals surface area contributed by atoms with Crippen molar-refractivity contribution in [3.8, 4) is 11.8 Å². The van der Waals surface area contributed by atoms with Gasteiger partial charge >= 0.3 is 0 Å². The van der Waals surface area contributed by atoms with Crippen molar-refractivity contribution in [2.24, 2.45) is 0 Å². The number of nitrogens with zero attached hydrogens (tertiary/aromatic N) is 3. The minimum atomic E-state index is -0.459. The van der Waals surface area contributed by atoms with E-state index < -0.39 is 17.3 Å². The molecule has 3 aromatic rings. The van der Waals surface area contributed by atoms with Crippen molar-refractivity contribution in [2.45, 2.75) is 13.3 Å². The Morgan fingerprint density at radius 3 is 2.52 bits per heavy atom. The molecule has 0 radical (unpaired) electrons. The fourth-order valence-corrected chi connectivity index (χ4v) is 4.70. The lowest BCUT2D eigenvalue weighted by atomic mass is 10.1. The molecular weight excluding hydrogens is 441 g/mol. The van der Waals surface area contributed by atoms with Crippen LogP contribution in [0.2, 0.25) is 0 Å². The van der Waals surface area contributed by atoms with E-state index in [0.717, 1.165) is 23.3 Å². The van der Waals surface area contributed by atoms with E-state index >= 15 is 0 Å². The molecule has 2 aromatic carbocycles. The molecule has 4 rings (SSSR count). The van der Waals surface area contributed by atoms with Gasteiger partial charge < -0.3 is 9.64 Å². The third-order valence-corrected chi connectivity index (χ3v) is 6.55. The van der Waals surface area contributed by atoms with Crippen molar-refractivity contribution in [1.82, 2.24) is 9.47 Å². The largest absolute Gasteiger partial charge is 0.378 e. The van der Waals surface area contributed by atoms with Crippen molar-refractivity contribution in [2.75, 3.05) is 26.3 Å². The van der Waals surface area contributed by atoms with E-state index in [4.69, 9.17) is 4.74 Å². The van der Waals surface area contributed by atoms with Gasteiger partial charge in [-0.2, -0.15) is 5.26 Å². The monoisotopic (exact) mass is 463 g/mol. The minimum absolute atomic E-state index is 0.119. The number of hydrogen-bond donors (Lipinski definition) is 0. The average Bonchev–Trinajstić information content (AvgIpc) is 3.17. The second kappa shape index (κ2) is 9.94. The molecule has 1 aliphatic heterocycles. The molecule has 1 aromatic heterocycles. The molecule has 0 atom stereocenters. The molecule has 33 heavy (non-hydrogen) atoms. The van der Waals surface area contributed by atoms with Crippen molar-refractivity contribution >= 4 is 28.9 Å². The summed E-state index contributed by atoms with van der Waals surface area (Å²) in [6, 6.07) is 15.5. The molecule has 8 heteroatoms. The van der Waals surface area contributed by atoms with Gasteiger partial charge in [0.1, 0.15) is 16.5 Å². The summed E-state index contributed by atoms with van der Waals surface area (Å²) in [5, 5.41) is 9.92. The molecule has 1 fully saturated rings. The Labute approximate surface area is 194 Å². The first-order valence-corrected chi connectivity index (χ1v) is 11.4. The molecule has 1 saturated heterocycles. The zero-order valence-corrected chi connectivity index (χ0v) is 18.9. The molecule has 0 unspecified atom stereocenters. The summed E-state index contributed by atoms with van der Waals surface area (Å²) in [6.07, 6.45) is 2.29. The van der Waals surface area contributed by atoms with Crippen LogP contribution >= 0.6 is 11.3 Å². The summed E-state index contributed by atoms with van der Waals surface area (Å²) < 4.78 is 21.4. The standard InChI is InChI=1S/C25H22FN3O3S/c1-2-17-7-9-19(10-8-17)29-24(31)22(15-18-5-3-4-6-21(18)26)33-25(29)20(16-27)23(30)28-11-13-32-14-12-28/h3-10,15H,2,11-14H2,1H3/b22-15+,25-20-. The van der Waals surface area contributed by atoms with Gasteiger partial charge in [0.25, 0.3) is 11.5 Å². The Kier molecular flexibility index (Phi) is 6.82. The molecule has 2 heterocycles. The van der Waals surface area contributed by atoms with Crippen molar-refractivity contribution in [1.29, 1.82) is 5.26 Å². The number of nitriles is 1. The maximum Gasteiger partial charge on any atom is 0.273 e. The van der Waals surface area contributed by atoms with E-state index in [9.17, 15) is 19.2 Å². The number of ether oxygens (including phenoxy) is 1. The number of halogens is 1. The number of amides is 1. The molecular formula is C25H22FN3O3S. The van der Waals surface area contributed by atoms with Gasteiger partial charge in [0.2, 0.25) is 0 Å². The highest BCUT2D eigenvalue weighted by atomic mass is 32.1. The van der Waals surface area contributed by atoms with Gasteiger partial charge in [0.15, 0.2) is 5.57 Å². The first-order chi connectivity index (χ1) is 16.0. The van der Waals surface area contributed by atoms with Gasteiger partial charge in [-0.25, -0.2) is 4.39 Å². The summed E-state index contributed by atoms with van der Waals surface area (Å²) >= 11 is 1.01. The molecule has 0 saturated carbocycles. The van der Waals surface area contributed by atoms with Crippen LogP contribution in [0.15, 0.2) is 53.3 Å². The maximum absolute atomic E-state index is 14.3. The van der Waals surface area contributed by atoms with Gasteiger partial charge in [-0.3, -0.25) is 14.2 Å². The van der Waals surface area contributed by atoms with E-state index in [2.05, 4.69) is 0 Å². The summed E-state index contributed by atoms with van der Waals surface area (Å²) in [6.45, 7) is 3.57. The maximum atomic E-state index is 14.3. The summed E-state index contributed by atoms with van der Waals surface area (Å²) in [5.41, 5.74) is 1.36. The number of aromatic nitrogens is 1. The van der Waals surface area contributed by atoms with Crippen LogP contribution in [0, 0.1) is 17.1 Å². The topological polar surface area (TPSA) is 75.3 Å². The number of morpholine rings is 1. The molecule has 0 N–H and O–H groups in total. The lowest BCUT2D eigenvalue weighted by molar-refractivity contribution is -0.128. The number of thiazole rings is 1. The highest BCUT2D eigenvalue weighted by Gasteiger charge is 2.24. The molecule has 168 valence electrons. The van der Waals surface area contributed by atoms with Crippen LogP contribution in [0.25, 0.3) is 17.3 Å². The predicted molar refractivity (Wildman–Crippen MR) is 125 cm³/mol.